The maximum absolute atomic E-state index is 12.4. The lowest BCUT2D eigenvalue weighted by Crippen LogP contribution is -2.42. The van der Waals surface area contributed by atoms with Gasteiger partial charge in [0.15, 0.2) is 5.60 Å². The first-order valence-electron chi connectivity index (χ1n) is 7.18. The van der Waals surface area contributed by atoms with Crippen LogP contribution in [0.15, 0.2) is 24.3 Å². The van der Waals surface area contributed by atoms with Crippen LogP contribution >= 0.6 is 22.9 Å². The number of aromatic nitrogens is 2. The first-order chi connectivity index (χ1) is 10.6. The zero-order valence-corrected chi connectivity index (χ0v) is 15.4. The van der Waals surface area contributed by atoms with E-state index < -0.39 is 5.60 Å². The van der Waals surface area contributed by atoms with Gasteiger partial charge in [0, 0.05) is 10.4 Å². The maximum atomic E-state index is 12.4. The van der Waals surface area contributed by atoms with Crippen molar-refractivity contribution in [2.45, 2.75) is 45.6 Å². The number of hydrogen-bond donors (Lipinski definition) is 1. The summed E-state index contributed by atoms with van der Waals surface area (Å²) in [5.74, 6) is 0.284. The number of hydrogen-bond acceptors (Lipinski definition) is 5. The van der Waals surface area contributed by atoms with Gasteiger partial charge in [0.25, 0.3) is 5.91 Å². The van der Waals surface area contributed by atoms with Crippen LogP contribution in [-0.4, -0.2) is 21.7 Å². The zero-order valence-electron chi connectivity index (χ0n) is 13.8. The van der Waals surface area contributed by atoms with E-state index in [-0.39, 0.29) is 11.3 Å². The average Bonchev–Trinajstić information content (AvgIpc) is 2.89. The number of nitrogens with zero attached hydrogens (tertiary/aromatic N) is 2. The highest BCUT2D eigenvalue weighted by molar-refractivity contribution is 7.15. The van der Waals surface area contributed by atoms with E-state index in [4.69, 9.17) is 16.3 Å². The fourth-order valence-electron chi connectivity index (χ4n) is 1.67. The van der Waals surface area contributed by atoms with Crippen LogP contribution in [-0.2, 0) is 10.2 Å². The molecule has 0 unspecified atom stereocenters. The number of ether oxygens (including phenoxy) is 1. The van der Waals surface area contributed by atoms with E-state index in [9.17, 15) is 4.79 Å². The van der Waals surface area contributed by atoms with Crippen molar-refractivity contribution in [1.82, 2.24) is 10.2 Å². The molecule has 0 fully saturated rings. The third-order valence-corrected chi connectivity index (χ3v) is 4.54. The van der Waals surface area contributed by atoms with E-state index >= 15 is 0 Å². The summed E-state index contributed by atoms with van der Waals surface area (Å²) in [4.78, 5) is 12.4. The minimum atomic E-state index is -1.05. The molecule has 124 valence electrons. The van der Waals surface area contributed by atoms with Crippen molar-refractivity contribution in [3.8, 4) is 5.75 Å². The molecule has 1 N–H and O–H groups in total. The Morgan fingerprint density at radius 2 is 1.74 bits per heavy atom. The van der Waals surface area contributed by atoms with Gasteiger partial charge >= 0.3 is 0 Å². The lowest BCUT2D eigenvalue weighted by Gasteiger charge is -2.24. The Kier molecular flexibility index (Phi) is 4.96. The topological polar surface area (TPSA) is 64.1 Å². The summed E-state index contributed by atoms with van der Waals surface area (Å²) >= 11 is 7.21. The van der Waals surface area contributed by atoms with Gasteiger partial charge in [-0.3, -0.25) is 10.1 Å². The van der Waals surface area contributed by atoms with E-state index in [0.29, 0.717) is 15.9 Å². The average molecular weight is 354 g/mol. The van der Waals surface area contributed by atoms with Gasteiger partial charge in [-0.15, -0.1) is 10.2 Å². The van der Waals surface area contributed by atoms with Crippen LogP contribution in [0.25, 0.3) is 0 Å². The highest BCUT2D eigenvalue weighted by atomic mass is 35.5. The summed E-state index contributed by atoms with van der Waals surface area (Å²) in [5.41, 5.74) is -1.16. The molecule has 0 saturated heterocycles. The molecule has 1 aromatic carbocycles. The predicted octanol–water partition coefficient (Wildman–Crippen LogP) is 4.29. The monoisotopic (exact) mass is 353 g/mol. The number of amides is 1. The van der Waals surface area contributed by atoms with Crippen molar-refractivity contribution in [2.24, 2.45) is 0 Å². The quantitative estimate of drug-likeness (QED) is 0.890. The Balaban J connectivity index is 2.06. The van der Waals surface area contributed by atoms with Crippen molar-refractivity contribution in [2.75, 3.05) is 5.32 Å². The van der Waals surface area contributed by atoms with Gasteiger partial charge in [-0.05, 0) is 38.1 Å². The SMILES string of the molecule is CC(C)(Oc1ccc(Cl)cc1)C(=O)Nc1nnc(C(C)(C)C)s1. The number of benzene rings is 1. The molecule has 0 aliphatic heterocycles. The minimum Gasteiger partial charge on any atom is -0.478 e. The molecule has 23 heavy (non-hydrogen) atoms. The Morgan fingerprint density at radius 1 is 1.13 bits per heavy atom. The van der Waals surface area contributed by atoms with Gasteiger partial charge in [0.2, 0.25) is 5.13 Å². The van der Waals surface area contributed by atoms with E-state index in [1.807, 2.05) is 20.8 Å². The van der Waals surface area contributed by atoms with E-state index in [1.165, 1.54) is 11.3 Å². The molecule has 2 aromatic rings. The van der Waals surface area contributed by atoms with E-state index in [2.05, 4.69) is 15.5 Å². The molecular formula is C16H20ClN3O2S. The van der Waals surface area contributed by atoms with E-state index in [0.717, 1.165) is 5.01 Å². The first-order valence-corrected chi connectivity index (χ1v) is 8.37. The molecule has 0 bridgehead atoms. The van der Waals surface area contributed by atoms with Crippen LogP contribution in [0.5, 0.6) is 5.75 Å². The number of carbonyl (C=O) groups excluding carboxylic acids is 1. The smallest absolute Gasteiger partial charge is 0.269 e. The number of halogens is 1. The third-order valence-electron chi connectivity index (χ3n) is 3.02. The highest BCUT2D eigenvalue weighted by Crippen LogP contribution is 2.28. The van der Waals surface area contributed by atoms with Crippen LogP contribution in [0.4, 0.5) is 5.13 Å². The van der Waals surface area contributed by atoms with Crippen LogP contribution in [0, 0.1) is 0 Å². The molecule has 1 amide bonds. The van der Waals surface area contributed by atoms with Gasteiger partial charge in [0.1, 0.15) is 10.8 Å². The Hall–Kier alpha value is -1.66. The van der Waals surface area contributed by atoms with Crippen molar-refractivity contribution in [3.63, 3.8) is 0 Å². The first kappa shape index (κ1) is 17.7. The molecule has 7 heteroatoms. The summed E-state index contributed by atoms with van der Waals surface area (Å²) in [7, 11) is 0. The van der Waals surface area contributed by atoms with Gasteiger partial charge in [-0.25, -0.2) is 0 Å². The number of rotatable bonds is 4. The fourth-order valence-corrected chi connectivity index (χ4v) is 2.59. The molecule has 0 saturated carbocycles. The predicted molar refractivity (Wildman–Crippen MR) is 93.4 cm³/mol. The van der Waals surface area contributed by atoms with Gasteiger partial charge in [-0.2, -0.15) is 0 Å². The number of carbonyl (C=O) groups is 1. The van der Waals surface area contributed by atoms with Crippen molar-refractivity contribution >= 4 is 34.0 Å². The molecule has 2 rings (SSSR count). The van der Waals surface area contributed by atoms with Crippen LogP contribution in [0.1, 0.15) is 39.6 Å². The molecule has 0 aliphatic carbocycles. The lowest BCUT2D eigenvalue weighted by molar-refractivity contribution is -0.128. The second kappa shape index (κ2) is 6.45. The molecule has 0 aliphatic rings. The summed E-state index contributed by atoms with van der Waals surface area (Å²) in [5, 5.41) is 12.8. The molecule has 5 nitrogen and oxygen atoms in total. The summed E-state index contributed by atoms with van der Waals surface area (Å²) in [6.45, 7) is 9.54. The van der Waals surface area contributed by atoms with Crippen molar-refractivity contribution in [1.29, 1.82) is 0 Å². The molecule has 0 radical (unpaired) electrons. The second-order valence-corrected chi connectivity index (χ2v) is 8.10. The Labute approximate surface area is 145 Å². The molecule has 0 atom stereocenters. The van der Waals surface area contributed by atoms with Crippen LogP contribution in [0.3, 0.4) is 0 Å². The molecular weight excluding hydrogens is 334 g/mol. The fraction of sp³-hybridized carbons (Fsp3) is 0.438. The zero-order chi connectivity index (χ0) is 17.3. The second-order valence-electron chi connectivity index (χ2n) is 6.68. The molecule has 1 heterocycles. The lowest BCUT2D eigenvalue weighted by atomic mass is 9.98. The van der Waals surface area contributed by atoms with Gasteiger partial charge in [0.05, 0.1) is 0 Å². The van der Waals surface area contributed by atoms with Gasteiger partial charge in [-0.1, -0.05) is 43.7 Å². The Morgan fingerprint density at radius 3 is 2.26 bits per heavy atom. The third kappa shape index (κ3) is 4.65. The molecule has 0 spiro atoms. The largest absolute Gasteiger partial charge is 0.478 e. The summed E-state index contributed by atoms with van der Waals surface area (Å²) < 4.78 is 5.75. The van der Waals surface area contributed by atoms with Gasteiger partial charge < -0.3 is 4.74 Å². The Bertz CT molecular complexity index is 690. The summed E-state index contributed by atoms with van der Waals surface area (Å²) in [6.07, 6.45) is 0. The van der Waals surface area contributed by atoms with Crippen LogP contribution in [0.2, 0.25) is 5.02 Å². The molecule has 1 aromatic heterocycles. The number of anilines is 1. The van der Waals surface area contributed by atoms with Crippen LogP contribution < -0.4 is 10.1 Å². The van der Waals surface area contributed by atoms with Crippen molar-refractivity contribution < 1.29 is 9.53 Å². The van der Waals surface area contributed by atoms with E-state index in [1.54, 1.807) is 38.1 Å². The maximum Gasteiger partial charge on any atom is 0.269 e. The summed E-state index contributed by atoms with van der Waals surface area (Å²) in [6, 6.07) is 6.87. The normalized spacial score (nSPS) is 12.1. The highest BCUT2D eigenvalue weighted by Gasteiger charge is 2.31. The standard InChI is InChI=1S/C16H20ClN3O2S/c1-15(2,3)13-19-20-14(23-13)18-12(21)16(4,5)22-11-8-6-10(17)7-9-11/h6-9H,1-5H3,(H,18,20,21). The minimum absolute atomic E-state index is 0.101. The number of nitrogens with one attached hydrogen (secondary N) is 1. The van der Waals surface area contributed by atoms with Crippen molar-refractivity contribution in [3.05, 3.63) is 34.3 Å².